The van der Waals surface area contributed by atoms with Crippen molar-refractivity contribution in [2.45, 2.75) is 44.8 Å². The zero-order valence-electron chi connectivity index (χ0n) is 13.4. The van der Waals surface area contributed by atoms with Gasteiger partial charge in [0.05, 0.1) is 6.61 Å². The second-order valence-electron chi connectivity index (χ2n) is 5.45. The van der Waals surface area contributed by atoms with Gasteiger partial charge in [0.15, 0.2) is 18.4 Å². The first-order valence-electron chi connectivity index (χ1n) is 7.38. The van der Waals surface area contributed by atoms with Gasteiger partial charge in [-0.05, 0) is 6.42 Å². The van der Waals surface area contributed by atoms with Crippen LogP contribution in [0.2, 0.25) is 0 Å². The predicted octanol–water partition coefficient (Wildman–Crippen LogP) is -0.844. The molecule has 1 saturated heterocycles. The molecule has 9 nitrogen and oxygen atoms in total. The molecule has 0 bridgehead atoms. The molecule has 1 fully saturated rings. The number of amides is 1. The molecule has 1 amide bonds. The molecule has 2 aliphatic rings. The third-order valence-corrected chi connectivity index (χ3v) is 3.60. The third-order valence-electron chi connectivity index (χ3n) is 3.60. The Morgan fingerprint density at radius 2 is 1.92 bits per heavy atom. The van der Waals surface area contributed by atoms with Crippen LogP contribution in [0.1, 0.15) is 20.3 Å². The number of aliphatic hydroxyl groups excluding tert-OH is 1. The molecule has 2 aliphatic heterocycles. The van der Waals surface area contributed by atoms with E-state index in [1.807, 2.05) is 0 Å². The van der Waals surface area contributed by atoms with Crippen LogP contribution in [0.5, 0.6) is 0 Å². The molecule has 2 heterocycles. The maximum Gasteiger partial charge on any atom is 0.303 e. The van der Waals surface area contributed by atoms with Crippen LogP contribution in [-0.4, -0.2) is 59.0 Å². The van der Waals surface area contributed by atoms with Gasteiger partial charge in [0.1, 0.15) is 6.10 Å². The standard InChI is InChI=1S/C15H20N2O7/c1-8(19)22-12-11(7-18)24-15(13(12)23-9(2)20)17-5-3-4-10(6-17)14(16)21/h3,5-6,11-13,15,18H,4,7H2,1-2H3,(H2,16,21)/t11-,12?,13?,15-/m1/s1. The van der Waals surface area contributed by atoms with E-state index in [0.717, 1.165) is 0 Å². The maximum atomic E-state index is 11.4. The summed E-state index contributed by atoms with van der Waals surface area (Å²) in [5.74, 6) is -1.77. The number of hydrogen-bond acceptors (Lipinski definition) is 8. The minimum atomic E-state index is -0.975. The van der Waals surface area contributed by atoms with Gasteiger partial charge in [-0.2, -0.15) is 0 Å². The average Bonchev–Trinajstić information content (AvgIpc) is 2.84. The van der Waals surface area contributed by atoms with E-state index in [0.29, 0.717) is 12.0 Å². The van der Waals surface area contributed by atoms with Crippen molar-refractivity contribution in [1.29, 1.82) is 0 Å². The molecule has 0 aromatic rings. The van der Waals surface area contributed by atoms with E-state index in [-0.39, 0.29) is 0 Å². The topological polar surface area (TPSA) is 128 Å². The van der Waals surface area contributed by atoms with Crippen molar-refractivity contribution in [2.75, 3.05) is 6.61 Å². The van der Waals surface area contributed by atoms with Gasteiger partial charge < -0.3 is 30.0 Å². The van der Waals surface area contributed by atoms with Crippen LogP contribution in [0.25, 0.3) is 0 Å². The van der Waals surface area contributed by atoms with Crippen molar-refractivity contribution in [3.8, 4) is 0 Å². The summed E-state index contributed by atoms with van der Waals surface area (Å²) in [7, 11) is 0. The largest absolute Gasteiger partial charge is 0.456 e. The Labute approximate surface area is 138 Å². The quantitative estimate of drug-likeness (QED) is 0.620. The molecule has 0 spiro atoms. The summed E-state index contributed by atoms with van der Waals surface area (Å²) in [5, 5.41) is 9.47. The summed E-state index contributed by atoms with van der Waals surface area (Å²) in [5.41, 5.74) is 5.63. The second-order valence-corrected chi connectivity index (χ2v) is 5.45. The van der Waals surface area contributed by atoms with Crippen molar-refractivity contribution >= 4 is 17.8 Å². The number of carbonyl (C=O) groups is 3. The lowest BCUT2D eigenvalue weighted by Gasteiger charge is -2.30. The van der Waals surface area contributed by atoms with Crippen LogP contribution in [0.3, 0.4) is 0 Å². The van der Waals surface area contributed by atoms with Gasteiger partial charge in [0, 0.05) is 31.8 Å². The SMILES string of the molecule is CC(=O)OC1C(OC(C)=O)[C@@H](CO)O[C@H]1N1C=CCC(C(N)=O)=C1. The minimum Gasteiger partial charge on any atom is -0.456 e. The molecular formula is C15H20N2O7. The lowest BCUT2D eigenvalue weighted by atomic mass is 10.1. The number of rotatable bonds is 5. The Morgan fingerprint density at radius 3 is 2.46 bits per heavy atom. The molecule has 4 atom stereocenters. The van der Waals surface area contributed by atoms with E-state index < -0.39 is 49.0 Å². The lowest BCUT2D eigenvalue weighted by molar-refractivity contribution is -0.166. The summed E-state index contributed by atoms with van der Waals surface area (Å²) in [6.07, 6.45) is 1.49. The Morgan fingerprint density at radius 1 is 1.29 bits per heavy atom. The highest BCUT2D eigenvalue weighted by molar-refractivity contribution is 5.92. The zero-order valence-corrected chi connectivity index (χ0v) is 13.4. The molecular weight excluding hydrogens is 320 g/mol. The molecule has 2 rings (SSSR count). The molecule has 0 radical (unpaired) electrons. The zero-order chi connectivity index (χ0) is 17.9. The molecule has 0 aromatic heterocycles. The van der Waals surface area contributed by atoms with Crippen LogP contribution in [-0.2, 0) is 28.6 Å². The molecule has 0 aliphatic carbocycles. The fraction of sp³-hybridized carbons (Fsp3) is 0.533. The van der Waals surface area contributed by atoms with Crippen molar-refractivity contribution in [3.63, 3.8) is 0 Å². The van der Waals surface area contributed by atoms with Crippen molar-refractivity contribution in [3.05, 3.63) is 24.0 Å². The first kappa shape index (κ1) is 18.0. The van der Waals surface area contributed by atoms with Crippen LogP contribution < -0.4 is 5.73 Å². The summed E-state index contributed by atoms with van der Waals surface area (Å²) in [6, 6.07) is 0. The number of esters is 2. The molecule has 9 heteroatoms. The fourth-order valence-corrected chi connectivity index (χ4v) is 2.65. The number of aliphatic hydroxyl groups is 1. The van der Waals surface area contributed by atoms with Crippen LogP contribution in [0, 0.1) is 0 Å². The van der Waals surface area contributed by atoms with Crippen molar-refractivity contribution in [2.24, 2.45) is 5.73 Å². The highest BCUT2D eigenvalue weighted by Gasteiger charge is 2.50. The fourth-order valence-electron chi connectivity index (χ4n) is 2.65. The van der Waals surface area contributed by atoms with E-state index in [9.17, 15) is 19.5 Å². The smallest absolute Gasteiger partial charge is 0.303 e. The molecule has 3 N–H and O–H groups in total. The lowest BCUT2D eigenvalue weighted by Crippen LogP contribution is -2.44. The second kappa shape index (κ2) is 7.45. The molecule has 0 aromatic carbocycles. The number of nitrogens with two attached hydrogens (primary N) is 1. The molecule has 0 saturated carbocycles. The number of nitrogens with zero attached hydrogens (tertiary/aromatic N) is 1. The average molecular weight is 340 g/mol. The van der Waals surface area contributed by atoms with Gasteiger partial charge in [0.25, 0.3) is 0 Å². The van der Waals surface area contributed by atoms with Crippen LogP contribution >= 0.6 is 0 Å². The number of allylic oxidation sites excluding steroid dienone is 1. The monoisotopic (exact) mass is 340 g/mol. The van der Waals surface area contributed by atoms with E-state index in [1.54, 1.807) is 12.3 Å². The first-order valence-corrected chi connectivity index (χ1v) is 7.38. The maximum absolute atomic E-state index is 11.4. The van der Waals surface area contributed by atoms with Crippen molar-refractivity contribution in [1.82, 2.24) is 4.90 Å². The number of carbonyl (C=O) groups excluding carboxylic acids is 3. The Hall–Kier alpha value is -2.39. The Balaban J connectivity index is 2.30. The summed E-state index contributed by atoms with van der Waals surface area (Å²) < 4.78 is 16.1. The van der Waals surface area contributed by atoms with Crippen LogP contribution in [0.15, 0.2) is 24.0 Å². The highest BCUT2D eigenvalue weighted by atomic mass is 16.6. The number of primary amides is 1. The van der Waals surface area contributed by atoms with Gasteiger partial charge >= 0.3 is 11.9 Å². The van der Waals surface area contributed by atoms with Gasteiger partial charge in [0.2, 0.25) is 5.91 Å². The molecule has 132 valence electrons. The van der Waals surface area contributed by atoms with E-state index >= 15 is 0 Å². The first-order chi connectivity index (χ1) is 11.3. The number of hydrogen-bond donors (Lipinski definition) is 2. The Bertz CT molecular complexity index is 586. The van der Waals surface area contributed by atoms with Gasteiger partial charge in [-0.15, -0.1) is 0 Å². The van der Waals surface area contributed by atoms with Gasteiger partial charge in [-0.25, -0.2) is 0 Å². The predicted molar refractivity (Wildman–Crippen MR) is 79.7 cm³/mol. The van der Waals surface area contributed by atoms with E-state index in [4.69, 9.17) is 19.9 Å². The normalized spacial score (nSPS) is 29.1. The van der Waals surface area contributed by atoms with E-state index in [1.165, 1.54) is 24.9 Å². The van der Waals surface area contributed by atoms with E-state index in [2.05, 4.69) is 0 Å². The summed E-state index contributed by atoms with van der Waals surface area (Å²) in [6.45, 7) is 1.99. The Kier molecular flexibility index (Phi) is 5.58. The van der Waals surface area contributed by atoms with Crippen LogP contribution in [0.4, 0.5) is 0 Å². The summed E-state index contributed by atoms with van der Waals surface area (Å²) >= 11 is 0. The van der Waals surface area contributed by atoms with Gasteiger partial charge in [-0.1, -0.05) is 6.08 Å². The highest BCUT2D eigenvalue weighted by Crippen LogP contribution is 2.31. The molecule has 24 heavy (non-hydrogen) atoms. The summed E-state index contributed by atoms with van der Waals surface area (Å²) in [4.78, 5) is 35.6. The van der Waals surface area contributed by atoms with Crippen molar-refractivity contribution < 1.29 is 33.7 Å². The third kappa shape index (κ3) is 3.92. The number of ether oxygens (including phenoxy) is 3. The van der Waals surface area contributed by atoms with Gasteiger partial charge in [-0.3, -0.25) is 14.4 Å². The molecule has 2 unspecified atom stereocenters. The minimum absolute atomic E-state index is 0.346.